The van der Waals surface area contributed by atoms with Crippen molar-refractivity contribution in [3.8, 4) is 11.4 Å². The van der Waals surface area contributed by atoms with Gasteiger partial charge in [0.25, 0.3) is 5.56 Å². The molecule has 2 aromatic carbocycles. The molecule has 0 unspecified atom stereocenters. The molecule has 8 nitrogen and oxygen atoms in total. The highest BCUT2D eigenvalue weighted by Gasteiger charge is 2.24. The van der Waals surface area contributed by atoms with Crippen LogP contribution in [0.4, 0.5) is 0 Å². The maximum Gasteiger partial charge on any atom is 0.338 e. The first kappa shape index (κ1) is 24.0. The molecule has 0 amide bonds. The maximum absolute atomic E-state index is 13.5. The van der Waals surface area contributed by atoms with Gasteiger partial charge >= 0.3 is 5.97 Å². The third-order valence-corrected chi connectivity index (χ3v) is 6.19. The van der Waals surface area contributed by atoms with Crippen molar-refractivity contribution in [1.29, 1.82) is 0 Å². The van der Waals surface area contributed by atoms with Crippen LogP contribution in [0.1, 0.15) is 43.4 Å². The van der Waals surface area contributed by atoms with Gasteiger partial charge < -0.3 is 14.4 Å². The van der Waals surface area contributed by atoms with E-state index in [0.717, 1.165) is 17.1 Å². The minimum Gasteiger partial charge on any atom is -0.454 e. The highest BCUT2D eigenvalue weighted by Crippen LogP contribution is 2.23. The molecule has 2 heterocycles. The van der Waals surface area contributed by atoms with Crippen molar-refractivity contribution in [3.05, 3.63) is 105 Å². The third-order valence-electron chi connectivity index (χ3n) is 6.19. The molecule has 1 N–H and O–H groups in total. The maximum atomic E-state index is 13.5. The Labute approximate surface area is 202 Å². The van der Waals surface area contributed by atoms with Crippen molar-refractivity contribution in [2.45, 2.75) is 27.4 Å². The van der Waals surface area contributed by atoms with E-state index in [-0.39, 0.29) is 17.9 Å². The highest BCUT2D eigenvalue weighted by atomic mass is 16.5. The van der Waals surface area contributed by atoms with Crippen molar-refractivity contribution in [2.75, 3.05) is 6.61 Å². The van der Waals surface area contributed by atoms with Gasteiger partial charge in [0.15, 0.2) is 6.61 Å². The second kappa shape index (κ2) is 9.60. The summed E-state index contributed by atoms with van der Waals surface area (Å²) in [5, 5.41) is 9.13. The molecular weight excluding hydrogens is 446 g/mol. The lowest BCUT2D eigenvalue weighted by Gasteiger charge is -2.09. The molecule has 0 aliphatic carbocycles. The predicted molar refractivity (Wildman–Crippen MR) is 132 cm³/mol. The summed E-state index contributed by atoms with van der Waals surface area (Å²) < 4.78 is 10.4. The number of nitrogens with zero attached hydrogens (tertiary/aromatic N) is 3. The van der Waals surface area contributed by atoms with Gasteiger partial charge in [0.2, 0.25) is 5.78 Å². The number of hydrogen-bond acceptors (Lipinski definition) is 5. The molecule has 180 valence electrons. The van der Waals surface area contributed by atoms with Crippen LogP contribution in [0, 0.1) is 20.8 Å². The SMILES string of the molecule is Cc1cc(C(=O)COC(=O)c2ccc(CO)cc2)c(C)n1-c1c(C)n(C)n(-c2ccccc2)c1=O. The number of carbonyl (C=O) groups is 2. The minimum atomic E-state index is -0.624. The first-order valence-corrected chi connectivity index (χ1v) is 11.2. The van der Waals surface area contributed by atoms with E-state index < -0.39 is 12.6 Å². The van der Waals surface area contributed by atoms with E-state index in [0.29, 0.717) is 28.1 Å². The quantitative estimate of drug-likeness (QED) is 0.328. The van der Waals surface area contributed by atoms with Crippen molar-refractivity contribution < 1.29 is 19.4 Å². The molecule has 35 heavy (non-hydrogen) atoms. The Balaban J connectivity index is 1.62. The number of aliphatic hydroxyl groups excluding tert-OH is 1. The molecule has 0 bridgehead atoms. The van der Waals surface area contributed by atoms with Crippen molar-refractivity contribution in [2.24, 2.45) is 7.05 Å². The van der Waals surface area contributed by atoms with Gasteiger partial charge in [-0.25, -0.2) is 9.48 Å². The fraction of sp³-hybridized carbons (Fsp3) is 0.222. The number of carbonyl (C=O) groups excluding carboxylic acids is 2. The van der Waals surface area contributed by atoms with Gasteiger partial charge in [-0.2, -0.15) is 0 Å². The molecule has 0 radical (unpaired) electrons. The minimum absolute atomic E-state index is 0.124. The summed E-state index contributed by atoms with van der Waals surface area (Å²) in [6, 6.07) is 17.4. The lowest BCUT2D eigenvalue weighted by molar-refractivity contribution is 0.0474. The number of Topliss-reactive ketones (excluding diaryl/α,β-unsaturated/α-hetero) is 1. The summed E-state index contributed by atoms with van der Waals surface area (Å²) in [4.78, 5) is 38.7. The molecule has 0 atom stereocenters. The number of para-hydroxylation sites is 1. The van der Waals surface area contributed by atoms with Crippen LogP contribution in [0.3, 0.4) is 0 Å². The Hall–Kier alpha value is -4.17. The lowest BCUT2D eigenvalue weighted by atomic mass is 10.1. The number of hydrogen-bond donors (Lipinski definition) is 1. The van der Waals surface area contributed by atoms with Crippen LogP contribution >= 0.6 is 0 Å². The number of ether oxygens (including phenoxy) is 1. The Morgan fingerprint density at radius 1 is 0.943 bits per heavy atom. The van der Waals surface area contributed by atoms with E-state index in [1.165, 1.54) is 0 Å². The number of esters is 1. The summed E-state index contributed by atoms with van der Waals surface area (Å²) in [6.07, 6.45) is 0. The first-order valence-electron chi connectivity index (χ1n) is 11.2. The van der Waals surface area contributed by atoms with E-state index >= 15 is 0 Å². The number of rotatable bonds is 7. The van der Waals surface area contributed by atoms with Gasteiger partial charge in [0, 0.05) is 24.0 Å². The van der Waals surface area contributed by atoms with Crippen LogP contribution in [-0.4, -0.2) is 37.4 Å². The fourth-order valence-corrected chi connectivity index (χ4v) is 4.24. The highest BCUT2D eigenvalue weighted by molar-refractivity contribution is 6.00. The van der Waals surface area contributed by atoms with E-state index in [1.807, 2.05) is 51.2 Å². The van der Waals surface area contributed by atoms with E-state index in [9.17, 15) is 14.4 Å². The number of ketones is 1. The zero-order chi connectivity index (χ0) is 25.3. The number of benzene rings is 2. The molecule has 4 aromatic rings. The van der Waals surface area contributed by atoms with E-state index in [1.54, 1.807) is 51.2 Å². The van der Waals surface area contributed by atoms with E-state index in [4.69, 9.17) is 9.84 Å². The zero-order valence-corrected chi connectivity index (χ0v) is 20.1. The second-order valence-corrected chi connectivity index (χ2v) is 8.38. The van der Waals surface area contributed by atoms with Crippen LogP contribution in [0.15, 0.2) is 65.5 Å². The zero-order valence-electron chi connectivity index (χ0n) is 20.1. The molecule has 0 saturated carbocycles. The van der Waals surface area contributed by atoms with Gasteiger partial charge in [-0.3, -0.25) is 14.3 Å². The summed E-state index contributed by atoms with van der Waals surface area (Å²) >= 11 is 0. The average Bonchev–Trinajstić information content (AvgIpc) is 3.28. The van der Waals surface area contributed by atoms with Crippen molar-refractivity contribution in [3.63, 3.8) is 0 Å². The van der Waals surface area contributed by atoms with Gasteiger partial charge in [0.1, 0.15) is 5.69 Å². The van der Waals surface area contributed by atoms with Gasteiger partial charge in [-0.15, -0.1) is 0 Å². The Kier molecular flexibility index (Phi) is 6.57. The summed E-state index contributed by atoms with van der Waals surface area (Å²) in [7, 11) is 1.82. The average molecular weight is 474 g/mol. The Morgan fingerprint density at radius 3 is 2.23 bits per heavy atom. The molecule has 2 aromatic heterocycles. The topological polar surface area (TPSA) is 95.5 Å². The number of aliphatic hydroxyl groups is 1. The van der Waals surface area contributed by atoms with Crippen LogP contribution in [0.5, 0.6) is 0 Å². The monoisotopic (exact) mass is 473 g/mol. The van der Waals surface area contributed by atoms with E-state index in [2.05, 4.69) is 0 Å². The molecule has 0 fully saturated rings. The lowest BCUT2D eigenvalue weighted by Crippen LogP contribution is -2.22. The largest absolute Gasteiger partial charge is 0.454 e. The predicted octanol–water partition coefficient (Wildman–Crippen LogP) is 3.42. The third kappa shape index (κ3) is 4.36. The number of aromatic nitrogens is 3. The number of aryl methyl sites for hydroxylation is 1. The van der Waals surface area contributed by atoms with Crippen molar-refractivity contribution in [1.82, 2.24) is 13.9 Å². The van der Waals surface area contributed by atoms with Crippen LogP contribution in [0.25, 0.3) is 11.4 Å². The van der Waals surface area contributed by atoms with Crippen molar-refractivity contribution >= 4 is 11.8 Å². The molecular formula is C27H27N3O5. The standard InChI is InChI=1S/C27H27N3O5/c1-17-14-23(24(32)16-35-27(34)21-12-10-20(15-31)11-13-21)18(2)29(17)25-19(3)28(4)30(26(25)33)22-8-6-5-7-9-22/h5-14,31H,15-16H2,1-4H3. The normalized spacial score (nSPS) is 11.0. The molecule has 8 heteroatoms. The molecule has 4 rings (SSSR count). The summed E-state index contributed by atoms with van der Waals surface area (Å²) in [6.45, 7) is 4.92. The molecule has 0 saturated heterocycles. The Bertz CT molecular complexity index is 1460. The Morgan fingerprint density at radius 2 is 1.60 bits per heavy atom. The summed E-state index contributed by atoms with van der Waals surface area (Å²) in [5.74, 6) is -0.983. The first-order chi connectivity index (χ1) is 16.7. The van der Waals surface area contributed by atoms with Gasteiger partial charge in [0.05, 0.1) is 23.6 Å². The van der Waals surface area contributed by atoms with Crippen LogP contribution < -0.4 is 5.56 Å². The van der Waals surface area contributed by atoms with Crippen LogP contribution in [0.2, 0.25) is 0 Å². The molecule has 0 spiro atoms. The second-order valence-electron chi connectivity index (χ2n) is 8.38. The van der Waals surface area contributed by atoms with Gasteiger partial charge in [-0.05, 0) is 56.7 Å². The smallest absolute Gasteiger partial charge is 0.338 e. The summed E-state index contributed by atoms with van der Waals surface area (Å²) in [5.41, 5.74) is 4.43. The molecule has 0 aliphatic heterocycles. The fourth-order valence-electron chi connectivity index (χ4n) is 4.24. The van der Waals surface area contributed by atoms with Crippen LogP contribution in [-0.2, 0) is 18.4 Å². The molecule has 0 aliphatic rings. The van der Waals surface area contributed by atoms with Gasteiger partial charge in [-0.1, -0.05) is 30.3 Å².